The molecular formula is C20H30N2O2. The largest absolute Gasteiger partial charge is 0.444 e. The van der Waals surface area contributed by atoms with Crippen LogP contribution in [0, 0.1) is 5.92 Å². The first-order chi connectivity index (χ1) is 11.3. The lowest BCUT2D eigenvalue weighted by Crippen LogP contribution is -2.47. The van der Waals surface area contributed by atoms with Crippen molar-refractivity contribution in [1.29, 1.82) is 0 Å². The van der Waals surface area contributed by atoms with Gasteiger partial charge >= 0.3 is 6.09 Å². The molecule has 1 unspecified atom stereocenters. The van der Waals surface area contributed by atoms with Crippen LogP contribution in [-0.4, -0.2) is 47.2 Å². The Morgan fingerprint density at radius 2 is 1.96 bits per heavy atom. The molecule has 0 spiro atoms. The molecular weight excluding hydrogens is 300 g/mol. The third-order valence-electron chi connectivity index (χ3n) is 5.38. The van der Waals surface area contributed by atoms with Crippen molar-refractivity contribution in [3.05, 3.63) is 35.9 Å². The quantitative estimate of drug-likeness (QED) is 0.839. The molecule has 1 saturated heterocycles. The van der Waals surface area contributed by atoms with Crippen molar-refractivity contribution < 1.29 is 9.53 Å². The highest BCUT2D eigenvalue weighted by Crippen LogP contribution is 2.50. The lowest BCUT2D eigenvalue weighted by molar-refractivity contribution is 0.0127. The van der Waals surface area contributed by atoms with Crippen molar-refractivity contribution in [3.63, 3.8) is 0 Å². The van der Waals surface area contributed by atoms with E-state index in [-0.39, 0.29) is 11.6 Å². The Morgan fingerprint density at radius 3 is 2.54 bits per heavy atom. The maximum Gasteiger partial charge on any atom is 0.410 e. The topological polar surface area (TPSA) is 32.8 Å². The molecule has 1 amide bonds. The van der Waals surface area contributed by atoms with E-state index >= 15 is 0 Å². The van der Waals surface area contributed by atoms with Crippen molar-refractivity contribution in [2.24, 2.45) is 5.92 Å². The number of benzene rings is 1. The van der Waals surface area contributed by atoms with Crippen molar-refractivity contribution in [1.82, 2.24) is 9.80 Å². The molecule has 132 valence electrons. The number of nitrogens with zero attached hydrogens (tertiary/aromatic N) is 2. The average molecular weight is 330 g/mol. The van der Waals surface area contributed by atoms with Crippen LogP contribution in [0.4, 0.5) is 4.79 Å². The summed E-state index contributed by atoms with van der Waals surface area (Å²) in [5, 5.41) is 0. The van der Waals surface area contributed by atoms with Crippen LogP contribution >= 0.6 is 0 Å². The monoisotopic (exact) mass is 330 g/mol. The zero-order valence-electron chi connectivity index (χ0n) is 15.4. The molecule has 1 aromatic rings. The summed E-state index contributed by atoms with van der Waals surface area (Å²) in [5.74, 6) is 0.554. The zero-order valence-corrected chi connectivity index (χ0v) is 15.4. The summed E-state index contributed by atoms with van der Waals surface area (Å²) in [4.78, 5) is 16.9. The van der Waals surface area contributed by atoms with Gasteiger partial charge in [0, 0.05) is 20.1 Å². The van der Waals surface area contributed by atoms with E-state index in [1.165, 1.54) is 12.0 Å². The third-order valence-corrected chi connectivity index (χ3v) is 5.38. The molecule has 2 aliphatic rings. The minimum Gasteiger partial charge on any atom is -0.444 e. The van der Waals surface area contributed by atoms with Crippen LogP contribution in [0.3, 0.4) is 0 Å². The second-order valence-electron chi connectivity index (χ2n) is 8.35. The molecule has 24 heavy (non-hydrogen) atoms. The second kappa shape index (κ2) is 6.40. The molecule has 4 heteroatoms. The number of hydrogen-bond acceptors (Lipinski definition) is 3. The van der Waals surface area contributed by atoms with E-state index in [2.05, 4.69) is 35.2 Å². The molecule has 0 N–H and O–H groups in total. The normalized spacial score (nSPS) is 23.1. The predicted molar refractivity (Wildman–Crippen MR) is 95.8 cm³/mol. The van der Waals surface area contributed by atoms with Crippen LogP contribution in [0.5, 0.6) is 0 Å². The van der Waals surface area contributed by atoms with E-state index < -0.39 is 5.60 Å². The van der Waals surface area contributed by atoms with E-state index in [9.17, 15) is 4.79 Å². The van der Waals surface area contributed by atoms with Crippen LogP contribution in [0.25, 0.3) is 0 Å². The van der Waals surface area contributed by atoms with Crippen molar-refractivity contribution in [3.8, 4) is 0 Å². The zero-order chi connectivity index (χ0) is 17.4. The summed E-state index contributed by atoms with van der Waals surface area (Å²) in [6.45, 7) is 8.97. The van der Waals surface area contributed by atoms with Gasteiger partial charge in [-0.25, -0.2) is 4.79 Å². The molecule has 2 fully saturated rings. The fourth-order valence-electron chi connectivity index (χ4n) is 3.91. The predicted octanol–water partition coefficient (Wildman–Crippen LogP) is 3.91. The highest BCUT2D eigenvalue weighted by Gasteiger charge is 2.56. The number of carbonyl (C=O) groups is 1. The van der Waals surface area contributed by atoms with Crippen LogP contribution in [0.2, 0.25) is 0 Å². The van der Waals surface area contributed by atoms with Gasteiger partial charge in [-0.3, -0.25) is 4.90 Å². The van der Waals surface area contributed by atoms with Crippen molar-refractivity contribution in [2.45, 2.75) is 57.7 Å². The van der Waals surface area contributed by atoms with Gasteiger partial charge in [-0.1, -0.05) is 30.3 Å². The number of carbonyl (C=O) groups excluding carboxylic acids is 1. The van der Waals surface area contributed by atoms with Crippen LogP contribution in [0.15, 0.2) is 30.3 Å². The summed E-state index contributed by atoms with van der Waals surface area (Å²) >= 11 is 0. The van der Waals surface area contributed by atoms with Gasteiger partial charge in [0.25, 0.3) is 0 Å². The maximum atomic E-state index is 12.5. The molecule has 1 atom stereocenters. The van der Waals surface area contributed by atoms with Gasteiger partial charge in [-0.2, -0.15) is 0 Å². The van der Waals surface area contributed by atoms with Gasteiger partial charge in [-0.15, -0.1) is 0 Å². The standard InChI is InChI=1S/C20H30N2O2/c1-19(2,3)24-18(23)21(4)20(11-12-20)17-10-13-22(15-17)14-16-8-6-5-7-9-16/h5-9,17H,10-15H2,1-4H3. The van der Waals surface area contributed by atoms with Crippen LogP contribution < -0.4 is 0 Å². The maximum absolute atomic E-state index is 12.5. The summed E-state index contributed by atoms with van der Waals surface area (Å²) in [7, 11) is 1.92. The molecule has 1 aliphatic carbocycles. The second-order valence-corrected chi connectivity index (χ2v) is 8.35. The molecule has 1 saturated carbocycles. The van der Waals surface area contributed by atoms with Gasteiger partial charge in [-0.05, 0) is 58.1 Å². The Bertz CT molecular complexity index is 575. The molecule has 3 rings (SSSR count). The average Bonchev–Trinajstić information content (AvgIpc) is 3.19. The minimum atomic E-state index is -0.434. The van der Waals surface area contributed by atoms with E-state index in [0.717, 1.165) is 32.5 Å². The van der Waals surface area contributed by atoms with Crippen LogP contribution in [-0.2, 0) is 11.3 Å². The van der Waals surface area contributed by atoms with E-state index in [4.69, 9.17) is 4.74 Å². The van der Waals surface area contributed by atoms with Crippen molar-refractivity contribution in [2.75, 3.05) is 20.1 Å². The van der Waals surface area contributed by atoms with Crippen LogP contribution in [0.1, 0.15) is 45.6 Å². The smallest absolute Gasteiger partial charge is 0.410 e. The Hall–Kier alpha value is -1.55. The van der Waals surface area contributed by atoms with E-state index in [1.807, 2.05) is 32.7 Å². The number of rotatable bonds is 4. The molecule has 1 aliphatic heterocycles. The fourth-order valence-corrected chi connectivity index (χ4v) is 3.91. The molecule has 0 bridgehead atoms. The lowest BCUT2D eigenvalue weighted by Gasteiger charge is -2.34. The summed E-state index contributed by atoms with van der Waals surface area (Å²) in [5.41, 5.74) is 0.952. The Kier molecular flexibility index (Phi) is 4.60. The summed E-state index contributed by atoms with van der Waals surface area (Å²) < 4.78 is 5.58. The van der Waals surface area contributed by atoms with Gasteiger partial charge in [0.2, 0.25) is 0 Å². The molecule has 1 aromatic carbocycles. The number of ether oxygens (including phenoxy) is 1. The Labute approximate surface area is 145 Å². The summed E-state index contributed by atoms with van der Waals surface area (Å²) in [6, 6.07) is 10.6. The van der Waals surface area contributed by atoms with Gasteiger partial charge in [0.05, 0.1) is 5.54 Å². The molecule has 1 heterocycles. The SMILES string of the molecule is CN(C(=O)OC(C)(C)C)C1(C2CCN(Cc3ccccc3)C2)CC1. The third kappa shape index (κ3) is 3.75. The van der Waals surface area contributed by atoms with Crippen molar-refractivity contribution >= 4 is 6.09 Å². The fraction of sp³-hybridized carbons (Fsp3) is 0.650. The van der Waals surface area contributed by atoms with E-state index in [1.54, 1.807) is 0 Å². The summed E-state index contributed by atoms with van der Waals surface area (Å²) in [6.07, 6.45) is 3.19. The highest BCUT2D eigenvalue weighted by molar-refractivity contribution is 5.69. The number of amides is 1. The minimum absolute atomic E-state index is 0.0216. The van der Waals surface area contributed by atoms with E-state index in [0.29, 0.717) is 5.92 Å². The Balaban J connectivity index is 1.59. The van der Waals surface area contributed by atoms with Gasteiger partial charge in [0.1, 0.15) is 5.60 Å². The molecule has 4 nitrogen and oxygen atoms in total. The first kappa shape index (κ1) is 17.3. The Morgan fingerprint density at radius 1 is 1.29 bits per heavy atom. The number of likely N-dealkylation sites (tertiary alicyclic amines) is 1. The first-order valence-corrected chi connectivity index (χ1v) is 9.03. The molecule has 0 radical (unpaired) electrons. The number of hydrogen-bond donors (Lipinski definition) is 0. The highest BCUT2D eigenvalue weighted by atomic mass is 16.6. The first-order valence-electron chi connectivity index (χ1n) is 9.03. The van der Waals surface area contributed by atoms with Gasteiger partial charge in [0.15, 0.2) is 0 Å². The molecule has 0 aromatic heterocycles. The van der Waals surface area contributed by atoms with Gasteiger partial charge < -0.3 is 9.64 Å². The lowest BCUT2D eigenvalue weighted by atomic mass is 9.95.